The second kappa shape index (κ2) is 7.46. The quantitative estimate of drug-likeness (QED) is 0.351. The normalized spacial score (nSPS) is 13.6. The number of imidazole rings is 1. The minimum Gasteiger partial charge on any atom is -0.490 e. The van der Waals surface area contributed by atoms with Crippen molar-refractivity contribution in [2.45, 2.75) is 25.9 Å². The average molecular weight is 443 g/mol. The molecule has 0 N–H and O–H groups in total. The highest BCUT2D eigenvalue weighted by molar-refractivity contribution is 6.28. The summed E-state index contributed by atoms with van der Waals surface area (Å²) in [6.45, 7) is 2.06. The SMILES string of the molecule is Cc1cccc(-c2ccn(-c3nc(Cl)nc4c3ncn4-c3cccc(OC4CC4)c3)n2)c1. The third-order valence-electron chi connectivity index (χ3n) is 5.39. The van der Waals surface area contributed by atoms with Crippen LogP contribution in [0.5, 0.6) is 5.75 Å². The van der Waals surface area contributed by atoms with E-state index in [1.54, 1.807) is 11.0 Å². The number of hydrogen-bond acceptors (Lipinski definition) is 5. The molecule has 0 unspecified atom stereocenters. The van der Waals surface area contributed by atoms with E-state index < -0.39 is 0 Å². The van der Waals surface area contributed by atoms with Crippen LogP contribution < -0.4 is 4.74 Å². The van der Waals surface area contributed by atoms with Crippen molar-refractivity contribution in [3.8, 4) is 28.5 Å². The van der Waals surface area contributed by atoms with Crippen molar-refractivity contribution in [2.24, 2.45) is 0 Å². The van der Waals surface area contributed by atoms with Crippen molar-refractivity contribution in [2.75, 3.05) is 0 Å². The number of aryl methyl sites for hydroxylation is 1. The summed E-state index contributed by atoms with van der Waals surface area (Å²) in [5, 5.41) is 4.85. The number of aromatic nitrogens is 6. The van der Waals surface area contributed by atoms with Crippen LogP contribution in [0.25, 0.3) is 33.9 Å². The van der Waals surface area contributed by atoms with Crippen LogP contribution in [-0.4, -0.2) is 35.4 Å². The maximum atomic E-state index is 6.31. The Balaban J connectivity index is 1.43. The third kappa shape index (κ3) is 3.50. The largest absolute Gasteiger partial charge is 0.490 e. The van der Waals surface area contributed by atoms with Gasteiger partial charge in [0, 0.05) is 17.8 Å². The summed E-state index contributed by atoms with van der Waals surface area (Å²) in [5.74, 6) is 1.37. The first-order valence-corrected chi connectivity index (χ1v) is 10.8. The highest BCUT2D eigenvalue weighted by atomic mass is 35.5. The lowest BCUT2D eigenvalue weighted by Crippen LogP contribution is -2.03. The van der Waals surface area contributed by atoms with Crippen LogP contribution in [0.1, 0.15) is 18.4 Å². The highest BCUT2D eigenvalue weighted by Crippen LogP contribution is 2.29. The minimum atomic E-state index is 0.132. The Morgan fingerprint density at radius 1 is 1.03 bits per heavy atom. The molecule has 8 heteroatoms. The predicted molar refractivity (Wildman–Crippen MR) is 123 cm³/mol. The van der Waals surface area contributed by atoms with E-state index >= 15 is 0 Å². The molecule has 158 valence electrons. The van der Waals surface area contributed by atoms with Gasteiger partial charge in [-0.2, -0.15) is 15.1 Å². The second-order valence-electron chi connectivity index (χ2n) is 7.93. The Bertz CT molecular complexity index is 1450. The minimum absolute atomic E-state index is 0.132. The van der Waals surface area contributed by atoms with Crippen LogP contribution in [0.3, 0.4) is 0 Å². The summed E-state index contributed by atoms with van der Waals surface area (Å²) in [5.41, 5.74) is 5.18. The lowest BCUT2D eigenvalue weighted by Gasteiger charge is -2.09. The maximum absolute atomic E-state index is 6.31. The van der Waals surface area contributed by atoms with Gasteiger partial charge in [-0.25, -0.2) is 9.67 Å². The average Bonchev–Trinajstić information content (AvgIpc) is 3.30. The topological polar surface area (TPSA) is 70.7 Å². The first kappa shape index (κ1) is 19.0. The Morgan fingerprint density at radius 3 is 2.75 bits per heavy atom. The van der Waals surface area contributed by atoms with Crippen LogP contribution in [0.15, 0.2) is 67.1 Å². The molecule has 7 nitrogen and oxygen atoms in total. The number of fused-ring (bicyclic) bond motifs is 1. The molecule has 3 heterocycles. The van der Waals surface area contributed by atoms with Gasteiger partial charge >= 0.3 is 0 Å². The Hall–Kier alpha value is -3.71. The van der Waals surface area contributed by atoms with Crippen molar-refractivity contribution in [1.29, 1.82) is 0 Å². The molecule has 1 saturated carbocycles. The lowest BCUT2D eigenvalue weighted by atomic mass is 10.1. The van der Waals surface area contributed by atoms with E-state index in [1.807, 2.05) is 53.2 Å². The number of benzene rings is 2. The summed E-state index contributed by atoms with van der Waals surface area (Å²) in [6, 6.07) is 18.1. The van der Waals surface area contributed by atoms with Crippen LogP contribution in [0.4, 0.5) is 0 Å². The molecule has 2 aromatic carbocycles. The maximum Gasteiger partial charge on any atom is 0.226 e. The summed E-state index contributed by atoms with van der Waals surface area (Å²) in [7, 11) is 0. The second-order valence-corrected chi connectivity index (χ2v) is 8.27. The van der Waals surface area contributed by atoms with Gasteiger partial charge in [0.2, 0.25) is 5.28 Å². The number of nitrogens with zero attached hydrogens (tertiary/aromatic N) is 6. The van der Waals surface area contributed by atoms with Gasteiger partial charge < -0.3 is 4.74 Å². The van der Waals surface area contributed by atoms with Crippen molar-refractivity contribution in [1.82, 2.24) is 29.3 Å². The summed E-state index contributed by atoms with van der Waals surface area (Å²) >= 11 is 6.31. The van der Waals surface area contributed by atoms with Gasteiger partial charge in [0.25, 0.3) is 0 Å². The molecule has 32 heavy (non-hydrogen) atoms. The van der Waals surface area contributed by atoms with E-state index in [2.05, 4.69) is 34.0 Å². The Labute approximate surface area is 189 Å². The molecule has 0 aliphatic heterocycles. The van der Waals surface area contributed by atoms with Crippen molar-refractivity contribution >= 4 is 22.8 Å². The van der Waals surface area contributed by atoms with Gasteiger partial charge in [-0.15, -0.1) is 0 Å². The fourth-order valence-corrected chi connectivity index (χ4v) is 3.85. The van der Waals surface area contributed by atoms with E-state index in [4.69, 9.17) is 21.4 Å². The first-order chi connectivity index (χ1) is 15.6. The monoisotopic (exact) mass is 442 g/mol. The smallest absolute Gasteiger partial charge is 0.226 e. The predicted octanol–water partition coefficient (Wildman–Crippen LogP) is 5.17. The fourth-order valence-electron chi connectivity index (χ4n) is 3.69. The molecule has 6 rings (SSSR count). The van der Waals surface area contributed by atoms with Gasteiger partial charge in [0.15, 0.2) is 17.0 Å². The highest BCUT2D eigenvalue weighted by Gasteiger charge is 2.23. The van der Waals surface area contributed by atoms with E-state index in [1.165, 1.54) is 5.56 Å². The zero-order valence-electron chi connectivity index (χ0n) is 17.3. The van der Waals surface area contributed by atoms with Gasteiger partial charge in [0.05, 0.1) is 17.5 Å². The van der Waals surface area contributed by atoms with Gasteiger partial charge in [-0.3, -0.25) is 4.57 Å². The van der Waals surface area contributed by atoms with Gasteiger partial charge in [-0.05, 0) is 55.6 Å². The molecule has 1 fully saturated rings. The summed E-state index contributed by atoms with van der Waals surface area (Å²) in [6.07, 6.45) is 6.13. The van der Waals surface area contributed by atoms with Crippen molar-refractivity contribution < 1.29 is 4.74 Å². The zero-order valence-corrected chi connectivity index (χ0v) is 18.1. The number of rotatable bonds is 5. The standard InChI is InChI=1S/C24H19ClN6O/c1-15-4-2-5-16(12-15)20-10-11-31(29-20)23-21-22(27-24(25)28-23)30(14-26-21)17-6-3-7-19(13-17)32-18-8-9-18/h2-7,10-14,18H,8-9H2,1H3. The molecule has 5 aromatic rings. The lowest BCUT2D eigenvalue weighted by molar-refractivity contribution is 0.303. The Morgan fingerprint density at radius 2 is 1.91 bits per heavy atom. The number of halogens is 1. The van der Waals surface area contributed by atoms with Crippen LogP contribution in [0.2, 0.25) is 5.28 Å². The molecule has 0 amide bonds. The molecular formula is C24H19ClN6O. The van der Waals surface area contributed by atoms with Crippen LogP contribution in [0, 0.1) is 6.92 Å². The molecule has 0 saturated heterocycles. The van der Waals surface area contributed by atoms with Crippen molar-refractivity contribution in [3.05, 3.63) is 78.0 Å². The summed E-state index contributed by atoms with van der Waals surface area (Å²) < 4.78 is 9.52. The first-order valence-electron chi connectivity index (χ1n) is 10.4. The van der Waals surface area contributed by atoms with Crippen molar-refractivity contribution in [3.63, 3.8) is 0 Å². The van der Waals surface area contributed by atoms with Gasteiger partial charge in [0.1, 0.15) is 12.1 Å². The van der Waals surface area contributed by atoms with Crippen LogP contribution in [-0.2, 0) is 0 Å². The van der Waals surface area contributed by atoms with E-state index in [0.717, 1.165) is 35.5 Å². The zero-order chi connectivity index (χ0) is 21.7. The fraction of sp³-hybridized carbons (Fsp3) is 0.167. The third-order valence-corrected chi connectivity index (χ3v) is 5.56. The molecule has 1 aliphatic rings. The number of hydrogen-bond donors (Lipinski definition) is 0. The molecule has 0 radical (unpaired) electrons. The van der Waals surface area contributed by atoms with E-state index in [0.29, 0.717) is 23.1 Å². The van der Waals surface area contributed by atoms with Gasteiger partial charge in [-0.1, -0.05) is 29.8 Å². The van der Waals surface area contributed by atoms with E-state index in [9.17, 15) is 0 Å². The number of ether oxygens (including phenoxy) is 1. The van der Waals surface area contributed by atoms with E-state index in [-0.39, 0.29) is 5.28 Å². The molecule has 0 spiro atoms. The molecule has 1 aliphatic carbocycles. The molecule has 0 bridgehead atoms. The van der Waals surface area contributed by atoms with Crippen LogP contribution >= 0.6 is 11.6 Å². The molecule has 3 aromatic heterocycles. The molecule has 0 atom stereocenters. The molecular weight excluding hydrogens is 424 g/mol. The Kier molecular flexibility index (Phi) is 4.43. The summed E-state index contributed by atoms with van der Waals surface area (Å²) in [4.78, 5) is 13.5.